The van der Waals surface area contributed by atoms with Crippen LogP contribution in [-0.2, 0) is 11.3 Å². The van der Waals surface area contributed by atoms with Gasteiger partial charge in [-0.05, 0) is 60.1 Å². The van der Waals surface area contributed by atoms with E-state index < -0.39 is 0 Å². The van der Waals surface area contributed by atoms with Crippen LogP contribution in [0.1, 0.15) is 42.7 Å². The minimum Gasteiger partial charge on any atom is -0.492 e. The molecule has 1 saturated carbocycles. The number of hydrogen-bond acceptors (Lipinski definition) is 4. The Labute approximate surface area is 185 Å². The van der Waals surface area contributed by atoms with Crippen molar-refractivity contribution >= 4 is 0 Å². The molecule has 4 heteroatoms. The summed E-state index contributed by atoms with van der Waals surface area (Å²) in [4.78, 5) is 4.14. The second-order valence-electron chi connectivity index (χ2n) is 8.11. The predicted molar refractivity (Wildman–Crippen MR) is 122 cm³/mol. The Morgan fingerprint density at radius 2 is 1.61 bits per heavy atom. The van der Waals surface area contributed by atoms with E-state index in [-0.39, 0.29) is 0 Å². The number of nitrogens with zero attached hydrogens (tertiary/aromatic N) is 1. The van der Waals surface area contributed by atoms with Gasteiger partial charge in [0.05, 0.1) is 26.0 Å². The Hall–Kier alpha value is -2.85. The Balaban J connectivity index is 1.24. The average molecular weight is 418 g/mol. The maximum absolute atomic E-state index is 6.03. The number of rotatable bonds is 10. The van der Waals surface area contributed by atoms with Gasteiger partial charge in [0, 0.05) is 6.20 Å². The number of ether oxygens (including phenoxy) is 3. The molecule has 0 spiro atoms. The molecular weight excluding hydrogens is 386 g/mol. The van der Waals surface area contributed by atoms with E-state index in [0.717, 1.165) is 18.1 Å². The van der Waals surface area contributed by atoms with Gasteiger partial charge in [-0.1, -0.05) is 55.3 Å². The van der Waals surface area contributed by atoms with Gasteiger partial charge < -0.3 is 14.2 Å². The van der Waals surface area contributed by atoms with Crippen LogP contribution < -0.4 is 9.47 Å². The molecule has 1 aliphatic carbocycles. The Bertz CT molecular complexity index is 883. The molecule has 1 fully saturated rings. The van der Waals surface area contributed by atoms with Crippen LogP contribution in [0.4, 0.5) is 0 Å². The minimum atomic E-state index is 0.534. The summed E-state index contributed by atoms with van der Waals surface area (Å²) in [5, 5.41) is 0. The monoisotopic (exact) mass is 417 g/mol. The second-order valence-corrected chi connectivity index (χ2v) is 8.11. The van der Waals surface area contributed by atoms with Gasteiger partial charge in [-0.3, -0.25) is 4.98 Å². The lowest BCUT2D eigenvalue weighted by Crippen LogP contribution is -2.24. The second kappa shape index (κ2) is 11.5. The molecular formula is C27H31NO3. The van der Waals surface area contributed by atoms with Crippen LogP contribution in [0.2, 0.25) is 0 Å². The van der Waals surface area contributed by atoms with E-state index >= 15 is 0 Å². The first-order valence-corrected chi connectivity index (χ1v) is 11.3. The fraction of sp³-hybridized carbons (Fsp3) is 0.370. The molecule has 0 radical (unpaired) electrons. The van der Waals surface area contributed by atoms with Crippen molar-refractivity contribution in [3.63, 3.8) is 0 Å². The molecule has 1 heterocycles. The summed E-state index contributed by atoms with van der Waals surface area (Å²) in [6, 6.07) is 22.7. The smallest absolute Gasteiger partial charge is 0.137 e. The highest BCUT2D eigenvalue weighted by Crippen LogP contribution is 2.38. The number of hydrogen-bond donors (Lipinski definition) is 0. The average Bonchev–Trinajstić information content (AvgIpc) is 2.84. The standard InChI is InChI=1S/C27H31NO3/c1-2-7-22(8-3-1)20-29-17-18-30-25-14-12-23(13-15-25)27-11-5-4-9-24(27)21-31-26-10-6-16-28-19-26/h1-3,6-8,10,12-16,19,24,27H,4-5,9,11,17-18,20-21H2/t24-,27-/m1/s1. The molecule has 2 atom stereocenters. The first-order valence-electron chi connectivity index (χ1n) is 11.3. The maximum Gasteiger partial charge on any atom is 0.137 e. The molecule has 0 N–H and O–H groups in total. The van der Waals surface area contributed by atoms with Gasteiger partial charge in [-0.2, -0.15) is 0 Å². The summed E-state index contributed by atoms with van der Waals surface area (Å²) >= 11 is 0. The molecule has 0 aliphatic heterocycles. The van der Waals surface area contributed by atoms with E-state index in [1.807, 2.05) is 30.3 Å². The third-order valence-electron chi connectivity index (χ3n) is 5.92. The fourth-order valence-corrected chi connectivity index (χ4v) is 4.28. The lowest BCUT2D eigenvalue weighted by molar-refractivity contribution is 0.0889. The molecule has 4 nitrogen and oxygen atoms in total. The van der Waals surface area contributed by atoms with Gasteiger partial charge >= 0.3 is 0 Å². The first kappa shape index (κ1) is 21.4. The lowest BCUT2D eigenvalue weighted by Gasteiger charge is -2.32. The van der Waals surface area contributed by atoms with Gasteiger partial charge in [-0.25, -0.2) is 0 Å². The van der Waals surface area contributed by atoms with E-state index in [0.29, 0.717) is 31.7 Å². The van der Waals surface area contributed by atoms with E-state index in [4.69, 9.17) is 14.2 Å². The SMILES string of the molecule is c1ccc(COCCOc2ccc([C@H]3CCCC[C@@H]3COc3cccnc3)cc2)cc1. The quantitative estimate of drug-likeness (QED) is 0.378. The van der Waals surface area contributed by atoms with Crippen molar-refractivity contribution in [2.45, 2.75) is 38.2 Å². The fourth-order valence-electron chi connectivity index (χ4n) is 4.28. The number of pyridine rings is 1. The Morgan fingerprint density at radius 3 is 2.42 bits per heavy atom. The molecule has 1 aromatic heterocycles. The first-order chi connectivity index (χ1) is 15.4. The van der Waals surface area contributed by atoms with Crippen molar-refractivity contribution in [3.05, 3.63) is 90.3 Å². The topological polar surface area (TPSA) is 40.6 Å². The molecule has 3 aromatic rings. The van der Waals surface area contributed by atoms with Crippen molar-refractivity contribution in [3.8, 4) is 11.5 Å². The van der Waals surface area contributed by atoms with Crippen molar-refractivity contribution in [1.82, 2.24) is 4.98 Å². The molecule has 1 aliphatic rings. The van der Waals surface area contributed by atoms with E-state index in [2.05, 4.69) is 41.4 Å². The van der Waals surface area contributed by atoms with Gasteiger partial charge in [0.1, 0.15) is 18.1 Å². The summed E-state index contributed by atoms with van der Waals surface area (Å²) in [5.41, 5.74) is 2.56. The van der Waals surface area contributed by atoms with E-state index in [1.54, 1.807) is 12.4 Å². The van der Waals surface area contributed by atoms with E-state index in [1.165, 1.54) is 36.8 Å². The Morgan fingerprint density at radius 1 is 0.774 bits per heavy atom. The Kier molecular flexibility index (Phi) is 7.94. The van der Waals surface area contributed by atoms with Crippen molar-refractivity contribution in [1.29, 1.82) is 0 Å². The van der Waals surface area contributed by atoms with Gasteiger partial charge in [0.2, 0.25) is 0 Å². The van der Waals surface area contributed by atoms with Crippen LogP contribution >= 0.6 is 0 Å². The molecule has 2 aromatic carbocycles. The van der Waals surface area contributed by atoms with Gasteiger partial charge in [0.25, 0.3) is 0 Å². The number of benzene rings is 2. The van der Waals surface area contributed by atoms with Crippen LogP contribution in [0.25, 0.3) is 0 Å². The van der Waals surface area contributed by atoms with Crippen LogP contribution in [-0.4, -0.2) is 24.8 Å². The summed E-state index contributed by atoms with van der Waals surface area (Å²) < 4.78 is 17.6. The van der Waals surface area contributed by atoms with Crippen LogP contribution in [0, 0.1) is 5.92 Å². The van der Waals surface area contributed by atoms with E-state index in [9.17, 15) is 0 Å². The van der Waals surface area contributed by atoms with Crippen molar-refractivity contribution < 1.29 is 14.2 Å². The van der Waals surface area contributed by atoms with Gasteiger partial charge in [0.15, 0.2) is 0 Å². The van der Waals surface area contributed by atoms with Crippen LogP contribution in [0.5, 0.6) is 11.5 Å². The molecule has 162 valence electrons. The molecule has 0 bridgehead atoms. The summed E-state index contributed by atoms with van der Waals surface area (Å²) in [7, 11) is 0. The maximum atomic E-state index is 6.03. The van der Waals surface area contributed by atoms with Crippen molar-refractivity contribution in [2.24, 2.45) is 5.92 Å². The third-order valence-corrected chi connectivity index (χ3v) is 5.92. The predicted octanol–water partition coefficient (Wildman–Crippen LogP) is 6.03. The molecule has 4 rings (SSSR count). The summed E-state index contributed by atoms with van der Waals surface area (Å²) in [6.07, 6.45) is 8.55. The largest absolute Gasteiger partial charge is 0.492 e. The lowest BCUT2D eigenvalue weighted by atomic mass is 9.76. The molecule has 0 amide bonds. The van der Waals surface area contributed by atoms with Crippen molar-refractivity contribution in [2.75, 3.05) is 19.8 Å². The van der Waals surface area contributed by atoms with Crippen LogP contribution in [0.3, 0.4) is 0 Å². The molecule has 0 saturated heterocycles. The highest BCUT2D eigenvalue weighted by Gasteiger charge is 2.27. The summed E-state index contributed by atoms with van der Waals surface area (Å²) in [6.45, 7) is 2.49. The minimum absolute atomic E-state index is 0.534. The van der Waals surface area contributed by atoms with Gasteiger partial charge in [-0.15, -0.1) is 0 Å². The zero-order valence-corrected chi connectivity index (χ0v) is 18.0. The molecule has 0 unspecified atom stereocenters. The zero-order chi connectivity index (χ0) is 21.1. The molecule has 31 heavy (non-hydrogen) atoms. The summed E-state index contributed by atoms with van der Waals surface area (Å²) in [5.74, 6) is 2.82. The number of aromatic nitrogens is 1. The highest BCUT2D eigenvalue weighted by atomic mass is 16.5. The normalized spacial score (nSPS) is 18.5. The van der Waals surface area contributed by atoms with Crippen LogP contribution in [0.15, 0.2) is 79.1 Å². The third kappa shape index (κ3) is 6.56. The highest BCUT2D eigenvalue weighted by molar-refractivity contribution is 5.30. The zero-order valence-electron chi connectivity index (χ0n) is 18.0.